The van der Waals surface area contributed by atoms with Crippen molar-refractivity contribution < 1.29 is 9.18 Å². The summed E-state index contributed by atoms with van der Waals surface area (Å²) in [6, 6.07) is 14.9. The number of aryl methyl sites for hydroxylation is 1. The average molecular weight is 410 g/mol. The van der Waals surface area contributed by atoms with Crippen LogP contribution in [0.25, 0.3) is 0 Å². The van der Waals surface area contributed by atoms with Crippen LogP contribution in [0.5, 0.6) is 0 Å². The third-order valence-corrected chi connectivity index (χ3v) is 6.13. The number of likely N-dealkylation sites (tertiary alicyclic amines) is 1. The molecule has 3 aromatic rings. The van der Waals surface area contributed by atoms with E-state index in [1.807, 2.05) is 48.7 Å². The van der Waals surface area contributed by atoms with Gasteiger partial charge >= 0.3 is 0 Å². The summed E-state index contributed by atoms with van der Waals surface area (Å²) in [4.78, 5) is 19.4. The molecule has 29 heavy (non-hydrogen) atoms. The van der Waals surface area contributed by atoms with E-state index in [-0.39, 0.29) is 18.1 Å². The zero-order valence-electron chi connectivity index (χ0n) is 16.4. The molecule has 4 rings (SSSR count). The van der Waals surface area contributed by atoms with E-state index in [0.29, 0.717) is 6.04 Å². The van der Waals surface area contributed by atoms with Gasteiger partial charge in [-0.1, -0.05) is 29.8 Å². The van der Waals surface area contributed by atoms with Crippen LogP contribution in [0.3, 0.4) is 0 Å². The Morgan fingerprint density at radius 2 is 1.97 bits per heavy atom. The number of nitrogens with one attached hydrogen (secondary N) is 1. The first-order valence-corrected chi connectivity index (χ1v) is 10.7. The second-order valence-electron chi connectivity index (χ2n) is 7.50. The molecule has 6 heteroatoms. The highest BCUT2D eigenvalue weighted by Gasteiger charge is 2.26. The van der Waals surface area contributed by atoms with Gasteiger partial charge in [0.1, 0.15) is 10.8 Å². The lowest BCUT2D eigenvalue weighted by Crippen LogP contribution is -2.23. The minimum absolute atomic E-state index is 0.0554. The summed E-state index contributed by atoms with van der Waals surface area (Å²) >= 11 is 1.53. The van der Waals surface area contributed by atoms with E-state index in [1.54, 1.807) is 0 Å². The Bertz CT molecular complexity index is 969. The molecule has 0 spiro atoms. The van der Waals surface area contributed by atoms with Crippen LogP contribution in [0.4, 0.5) is 10.1 Å². The number of rotatable bonds is 6. The Kier molecular flexibility index (Phi) is 6.02. The molecule has 0 saturated carbocycles. The van der Waals surface area contributed by atoms with Crippen LogP contribution in [0.15, 0.2) is 53.9 Å². The number of benzene rings is 2. The molecule has 1 aliphatic heterocycles. The topological polar surface area (TPSA) is 45.2 Å². The molecule has 1 aromatic heterocycles. The monoisotopic (exact) mass is 409 g/mol. The van der Waals surface area contributed by atoms with Crippen molar-refractivity contribution in [2.75, 3.05) is 11.9 Å². The van der Waals surface area contributed by atoms with Crippen molar-refractivity contribution in [3.05, 3.63) is 81.6 Å². The van der Waals surface area contributed by atoms with E-state index >= 15 is 0 Å². The first-order valence-electron chi connectivity index (χ1n) is 9.86. The fourth-order valence-electron chi connectivity index (χ4n) is 3.77. The summed E-state index contributed by atoms with van der Waals surface area (Å²) in [6.45, 7) is 3.77. The van der Waals surface area contributed by atoms with Crippen molar-refractivity contribution in [2.45, 2.75) is 38.8 Å². The molecule has 1 fully saturated rings. The van der Waals surface area contributed by atoms with Gasteiger partial charge in [0.25, 0.3) is 0 Å². The molecule has 1 atom stereocenters. The lowest BCUT2D eigenvalue weighted by atomic mass is 10.0. The van der Waals surface area contributed by atoms with Gasteiger partial charge in [0, 0.05) is 23.7 Å². The summed E-state index contributed by atoms with van der Waals surface area (Å²) in [5.74, 6) is -0.258. The number of nitrogens with zero attached hydrogens (tertiary/aromatic N) is 2. The maximum absolute atomic E-state index is 13.2. The van der Waals surface area contributed by atoms with Gasteiger partial charge in [-0.2, -0.15) is 0 Å². The maximum Gasteiger partial charge on any atom is 0.231 e. The molecule has 1 saturated heterocycles. The second kappa shape index (κ2) is 8.84. The highest BCUT2D eigenvalue weighted by atomic mass is 32.1. The van der Waals surface area contributed by atoms with E-state index in [4.69, 9.17) is 0 Å². The highest BCUT2D eigenvalue weighted by molar-refractivity contribution is 7.09. The van der Waals surface area contributed by atoms with Gasteiger partial charge in [0.2, 0.25) is 5.91 Å². The summed E-state index contributed by atoms with van der Waals surface area (Å²) in [7, 11) is 0. The predicted octanol–water partition coefficient (Wildman–Crippen LogP) is 5.11. The van der Waals surface area contributed by atoms with E-state index in [0.717, 1.165) is 53.4 Å². The van der Waals surface area contributed by atoms with Gasteiger partial charge < -0.3 is 5.32 Å². The predicted molar refractivity (Wildman–Crippen MR) is 114 cm³/mol. The number of hydrogen-bond acceptors (Lipinski definition) is 4. The zero-order valence-corrected chi connectivity index (χ0v) is 17.2. The van der Waals surface area contributed by atoms with Gasteiger partial charge in [0.05, 0.1) is 12.1 Å². The number of thiazole rings is 1. The van der Waals surface area contributed by atoms with E-state index in [9.17, 15) is 9.18 Å². The standard InChI is InChI=1S/C23H24FN3OS/c1-16-4-10-19(11-5-16)25-22(28)13-23-26-20(15-29-23)14-27-12-2-3-21(27)17-6-8-18(24)9-7-17/h4-11,15,21H,2-3,12-14H2,1H3,(H,25,28). The van der Waals surface area contributed by atoms with Crippen molar-refractivity contribution >= 4 is 22.9 Å². The largest absolute Gasteiger partial charge is 0.326 e. The van der Waals surface area contributed by atoms with Gasteiger partial charge in [-0.05, 0) is 56.1 Å². The van der Waals surface area contributed by atoms with Crippen molar-refractivity contribution in [3.63, 3.8) is 0 Å². The molecule has 2 aromatic carbocycles. The third kappa shape index (κ3) is 5.08. The number of aromatic nitrogens is 1. The quantitative estimate of drug-likeness (QED) is 0.615. The molecule has 1 aliphatic rings. The Morgan fingerprint density at radius 1 is 1.21 bits per heavy atom. The Morgan fingerprint density at radius 3 is 2.72 bits per heavy atom. The fourth-order valence-corrected chi connectivity index (χ4v) is 4.55. The number of halogens is 1. The van der Waals surface area contributed by atoms with E-state index in [2.05, 4.69) is 15.2 Å². The number of amides is 1. The normalized spacial score (nSPS) is 16.8. The summed E-state index contributed by atoms with van der Waals surface area (Å²) in [5.41, 5.74) is 4.10. The maximum atomic E-state index is 13.2. The average Bonchev–Trinajstić information content (AvgIpc) is 3.34. The first-order chi connectivity index (χ1) is 14.1. The molecule has 0 bridgehead atoms. The molecule has 4 nitrogen and oxygen atoms in total. The molecule has 0 radical (unpaired) electrons. The fraction of sp³-hybridized carbons (Fsp3) is 0.304. The van der Waals surface area contributed by atoms with Gasteiger partial charge in [-0.3, -0.25) is 9.69 Å². The van der Waals surface area contributed by atoms with Gasteiger partial charge in [-0.15, -0.1) is 11.3 Å². The lowest BCUT2D eigenvalue weighted by Gasteiger charge is -2.24. The smallest absolute Gasteiger partial charge is 0.231 e. The number of anilines is 1. The first kappa shape index (κ1) is 19.7. The minimum Gasteiger partial charge on any atom is -0.326 e. The molecule has 1 N–H and O–H groups in total. The number of carbonyl (C=O) groups excluding carboxylic acids is 1. The van der Waals surface area contributed by atoms with Crippen LogP contribution in [-0.2, 0) is 17.8 Å². The molecule has 1 amide bonds. The van der Waals surface area contributed by atoms with Crippen LogP contribution in [0.2, 0.25) is 0 Å². The van der Waals surface area contributed by atoms with Crippen molar-refractivity contribution in [3.8, 4) is 0 Å². The van der Waals surface area contributed by atoms with E-state index in [1.165, 1.54) is 23.5 Å². The van der Waals surface area contributed by atoms with Gasteiger partial charge in [-0.25, -0.2) is 9.37 Å². The Balaban J connectivity index is 1.35. The van der Waals surface area contributed by atoms with E-state index < -0.39 is 0 Å². The minimum atomic E-state index is -0.202. The molecule has 1 unspecified atom stereocenters. The SMILES string of the molecule is Cc1ccc(NC(=O)Cc2nc(CN3CCCC3c3ccc(F)cc3)cs2)cc1. The molecule has 2 heterocycles. The van der Waals surface area contributed by atoms with Crippen LogP contribution in [-0.4, -0.2) is 22.3 Å². The molecule has 150 valence electrons. The Hall–Kier alpha value is -2.57. The van der Waals surface area contributed by atoms with Crippen molar-refractivity contribution in [1.29, 1.82) is 0 Å². The summed E-state index contributed by atoms with van der Waals surface area (Å²) in [6.07, 6.45) is 2.47. The highest BCUT2D eigenvalue weighted by Crippen LogP contribution is 2.33. The second-order valence-corrected chi connectivity index (χ2v) is 8.45. The number of hydrogen-bond donors (Lipinski definition) is 1. The molecular weight excluding hydrogens is 385 g/mol. The zero-order chi connectivity index (χ0) is 20.2. The lowest BCUT2D eigenvalue weighted by molar-refractivity contribution is -0.115. The number of carbonyl (C=O) groups is 1. The van der Waals surface area contributed by atoms with Crippen molar-refractivity contribution in [2.24, 2.45) is 0 Å². The molecule has 0 aliphatic carbocycles. The summed E-state index contributed by atoms with van der Waals surface area (Å²) in [5, 5.41) is 5.78. The Labute approximate surface area is 174 Å². The van der Waals surface area contributed by atoms with Crippen molar-refractivity contribution in [1.82, 2.24) is 9.88 Å². The summed E-state index contributed by atoms with van der Waals surface area (Å²) < 4.78 is 13.2. The third-order valence-electron chi connectivity index (χ3n) is 5.23. The van der Waals surface area contributed by atoms with Crippen LogP contribution >= 0.6 is 11.3 Å². The van der Waals surface area contributed by atoms with Gasteiger partial charge in [0.15, 0.2) is 0 Å². The van der Waals surface area contributed by atoms with Crippen LogP contribution < -0.4 is 5.32 Å². The molecular formula is C23H24FN3OS. The van der Waals surface area contributed by atoms with Crippen LogP contribution in [0.1, 0.15) is 40.7 Å². The van der Waals surface area contributed by atoms with Crippen LogP contribution in [0, 0.1) is 12.7 Å².